The van der Waals surface area contributed by atoms with Crippen molar-refractivity contribution in [3.8, 4) is 0 Å². The highest BCUT2D eigenvalue weighted by Gasteiger charge is 2.14. The van der Waals surface area contributed by atoms with E-state index in [1.807, 2.05) is 44.2 Å². The number of rotatable bonds is 7. The minimum Gasteiger partial charge on any atom is -0.369 e. The Morgan fingerprint density at radius 2 is 2.00 bits per heavy atom. The zero-order chi connectivity index (χ0) is 13.4. The fourth-order valence-corrected chi connectivity index (χ4v) is 1.73. The van der Waals surface area contributed by atoms with Crippen molar-refractivity contribution in [3.05, 3.63) is 35.9 Å². The Morgan fingerprint density at radius 1 is 1.33 bits per heavy atom. The first-order chi connectivity index (χ1) is 8.63. The molecule has 0 N–H and O–H groups in total. The molecule has 0 fully saturated rings. The number of carbonyl (C=O) groups is 1. The maximum atomic E-state index is 12.0. The summed E-state index contributed by atoms with van der Waals surface area (Å²) in [6.07, 6.45) is 0.0588. The number of carbonyl (C=O) groups excluding carboxylic acids is 1. The molecule has 0 spiro atoms. The molecule has 0 radical (unpaired) electrons. The molecule has 1 amide bonds. The predicted molar refractivity (Wildman–Crippen MR) is 73.7 cm³/mol. The van der Waals surface area contributed by atoms with Crippen LogP contribution in [0.4, 0.5) is 0 Å². The Morgan fingerprint density at radius 3 is 2.56 bits per heavy atom. The summed E-state index contributed by atoms with van der Waals surface area (Å²) in [5, 5.41) is 0. The zero-order valence-electron chi connectivity index (χ0n) is 10.9. The Kier molecular flexibility index (Phi) is 6.76. The predicted octanol–water partition coefficient (Wildman–Crippen LogP) is 2.68. The summed E-state index contributed by atoms with van der Waals surface area (Å²) in [6.45, 7) is 5.05. The quantitative estimate of drug-likeness (QED) is 0.713. The Labute approximate surface area is 114 Å². The SMILES string of the molecule is CC(C)OCC(=O)N(CCCl)Cc1ccccc1. The number of hydrogen-bond acceptors (Lipinski definition) is 2. The largest absolute Gasteiger partial charge is 0.369 e. The molecule has 1 aromatic rings. The van der Waals surface area contributed by atoms with Gasteiger partial charge in [0.1, 0.15) is 6.61 Å². The highest BCUT2D eigenvalue weighted by Crippen LogP contribution is 2.05. The van der Waals surface area contributed by atoms with Crippen LogP contribution in [0.15, 0.2) is 30.3 Å². The fraction of sp³-hybridized carbons (Fsp3) is 0.500. The second-order valence-electron chi connectivity index (χ2n) is 4.35. The molecule has 0 aliphatic carbocycles. The van der Waals surface area contributed by atoms with Gasteiger partial charge in [-0.25, -0.2) is 0 Å². The first-order valence-electron chi connectivity index (χ1n) is 6.12. The summed E-state index contributed by atoms with van der Waals surface area (Å²) in [6, 6.07) is 9.88. The molecule has 100 valence electrons. The molecule has 0 heterocycles. The van der Waals surface area contributed by atoms with Gasteiger partial charge in [-0.15, -0.1) is 11.6 Å². The summed E-state index contributed by atoms with van der Waals surface area (Å²) in [5.74, 6) is 0.411. The summed E-state index contributed by atoms with van der Waals surface area (Å²) in [4.78, 5) is 13.7. The van der Waals surface area contributed by atoms with Gasteiger partial charge in [-0.3, -0.25) is 4.79 Å². The molecule has 18 heavy (non-hydrogen) atoms. The van der Waals surface area contributed by atoms with Crippen LogP contribution < -0.4 is 0 Å². The number of hydrogen-bond donors (Lipinski definition) is 0. The minimum absolute atomic E-state index is 0.0202. The van der Waals surface area contributed by atoms with E-state index < -0.39 is 0 Å². The van der Waals surface area contributed by atoms with Crippen molar-refractivity contribution in [2.75, 3.05) is 19.0 Å². The van der Waals surface area contributed by atoms with Gasteiger partial charge >= 0.3 is 0 Å². The van der Waals surface area contributed by atoms with E-state index in [0.717, 1.165) is 5.56 Å². The maximum absolute atomic E-state index is 12.0. The average Bonchev–Trinajstić information content (AvgIpc) is 2.36. The number of benzene rings is 1. The third-order valence-corrected chi connectivity index (χ3v) is 2.63. The third-order valence-electron chi connectivity index (χ3n) is 2.46. The van der Waals surface area contributed by atoms with Crippen molar-refractivity contribution >= 4 is 17.5 Å². The van der Waals surface area contributed by atoms with Crippen LogP contribution in [0.25, 0.3) is 0 Å². The van der Waals surface area contributed by atoms with Crippen LogP contribution in [0.1, 0.15) is 19.4 Å². The molecule has 0 saturated heterocycles. The van der Waals surface area contributed by atoms with E-state index in [4.69, 9.17) is 16.3 Å². The lowest BCUT2D eigenvalue weighted by molar-refractivity contribution is -0.137. The molecular weight excluding hydrogens is 250 g/mol. The first kappa shape index (κ1) is 15.0. The lowest BCUT2D eigenvalue weighted by Gasteiger charge is -2.22. The number of halogens is 1. The number of amides is 1. The average molecular weight is 270 g/mol. The lowest BCUT2D eigenvalue weighted by Crippen LogP contribution is -2.35. The van der Waals surface area contributed by atoms with Gasteiger partial charge in [0.2, 0.25) is 5.91 Å². The van der Waals surface area contributed by atoms with Gasteiger partial charge in [0.15, 0.2) is 0 Å². The molecular formula is C14H20ClNO2. The van der Waals surface area contributed by atoms with Gasteiger partial charge in [-0.2, -0.15) is 0 Å². The van der Waals surface area contributed by atoms with E-state index in [2.05, 4.69) is 0 Å². The van der Waals surface area contributed by atoms with Crippen LogP contribution >= 0.6 is 11.6 Å². The molecule has 1 aromatic carbocycles. The third kappa shape index (κ3) is 5.52. The molecule has 4 heteroatoms. The molecule has 0 aliphatic rings. The number of nitrogens with zero attached hydrogens (tertiary/aromatic N) is 1. The van der Waals surface area contributed by atoms with Crippen molar-refractivity contribution in [2.24, 2.45) is 0 Å². The molecule has 0 saturated carbocycles. The Bertz CT molecular complexity index is 354. The summed E-state index contributed by atoms with van der Waals surface area (Å²) in [7, 11) is 0. The smallest absolute Gasteiger partial charge is 0.248 e. The van der Waals surface area contributed by atoms with Crippen LogP contribution in [0.5, 0.6) is 0 Å². The zero-order valence-corrected chi connectivity index (χ0v) is 11.7. The Balaban J connectivity index is 2.56. The topological polar surface area (TPSA) is 29.5 Å². The van der Waals surface area contributed by atoms with Crippen LogP contribution in [-0.4, -0.2) is 35.9 Å². The number of alkyl halides is 1. The van der Waals surface area contributed by atoms with E-state index >= 15 is 0 Å². The molecule has 3 nitrogen and oxygen atoms in total. The van der Waals surface area contributed by atoms with Gasteiger partial charge in [0.25, 0.3) is 0 Å². The van der Waals surface area contributed by atoms with Crippen molar-refractivity contribution in [2.45, 2.75) is 26.5 Å². The van der Waals surface area contributed by atoms with Crippen molar-refractivity contribution in [3.63, 3.8) is 0 Å². The minimum atomic E-state index is -0.0202. The van der Waals surface area contributed by atoms with E-state index in [0.29, 0.717) is 19.0 Å². The second kappa shape index (κ2) is 8.11. The number of ether oxygens (including phenoxy) is 1. The van der Waals surface area contributed by atoms with Gasteiger partial charge in [0.05, 0.1) is 6.10 Å². The highest BCUT2D eigenvalue weighted by atomic mass is 35.5. The van der Waals surface area contributed by atoms with Crippen LogP contribution in [0.3, 0.4) is 0 Å². The van der Waals surface area contributed by atoms with E-state index in [-0.39, 0.29) is 18.6 Å². The van der Waals surface area contributed by atoms with Gasteiger partial charge in [-0.1, -0.05) is 30.3 Å². The Hall–Kier alpha value is -1.06. The molecule has 0 aliphatic heterocycles. The maximum Gasteiger partial charge on any atom is 0.248 e. The molecule has 1 rings (SSSR count). The van der Waals surface area contributed by atoms with Crippen LogP contribution in [0, 0.1) is 0 Å². The van der Waals surface area contributed by atoms with E-state index in [1.165, 1.54) is 0 Å². The lowest BCUT2D eigenvalue weighted by atomic mass is 10.2. The summed E-state index contributed by atoms with van der Waals surface area (Å²) < 4.78 is 5.33. The monoisotopic (exact) mass is 269 g/mol. The van der Waals surface area contributed by atoms with E-state index in [9.17, 15) is 4.79 Å². The van der Waals surface area contributed by atoms with Crippen molar-refractivity contribution < 1.29 is 9.53 Å². The summed E-state index contributed by atoms with van der Waals surface area (Å²) in [5.41, 5.74) is 1.10. The van der Waals surface area contributed by atoms with E-state index in [1.54, 1.807) is 4.90 Å². The van der Waals surface area contributed by atoms with Gasteiger partial charge in [0, 0.05) is 19.0 Å². The molecule has 0 atom stereocenters. The summed E-state index contributed by atoms with van der Waals surface area (Å²) >= 11 is 5.73. The van der Waals surface area contributed by atoms with Gasteiger partial charge in [-0.05, 0) is 19.4 Å². The van der Waals surface area contributed by atoms with Crippen LogP contribution in [0.2, 0.25) is 0 Å². The van der Waals surface area contributed by atoms with Gasteiger partial charge < -0.3 is 9.64 Å². The van der Waals surface area contributed by atoms with Crippen molar-refractivity contribution in [1.82, 2.24) is 4.90 Å². The van der Waals surface area contributed by atoms with Crippen molar-refractivity contribution in [1.29, 1.82) is 0 Å². The highest BCUT2D eigenvalue weighted by molar-refractivity contribution is 6.18. The normalized spacial score (nSPS) is 10.7. The standard InChI is InChI=1S/C14H20ClNO2/c1-12(2)18-11-14(17)16(9-8-15)10-13-6-4-3-5-7-13/h3-7,12H,8-11H2,1-2H3. The molecule has 0 bridgehead atoms. The second-order valence-corrected chi connectivity index (χ2v) is 4.73. The first-order valence-corrected chi connectivity index (χ1v) is 6.66. The van der Waals surface area contributed by atoms with Crippen LogP contribution in [-0.2, 0) is 16.1 Å². The molecule has 0 unspecified atom stereocenters. The fourth-order valence-electron chi connectivity index (χ4n) is 1.53. The molecule has 0 aromatic heterocycles.